The molecule has 156 valence electrons. The number of hydrogen-bond donors (Lipinski definition) is 2. The van der Waals surface area contributed by atoms with Crippen LogP contribution >= 0.6 is 15.9 Å². The van der Waals surface area contributed by atoms with Gasteiger partial charge < -0.3 is 15.5 Å². The minimum absolute atomic E-state index is 0.293. The third-order valence-electron chi connectivity index (χ3n) is 4.43. The molecule has 3 rings (SSSR count). The summed E-state index contributed by atoms with van der Waals surface area (Å²) in [5.41, 5.74) is 3.57. The van der Waals surface area contributed by atoms with Gasteiger partial charge in [-0.25, -0.2) is 13.6 Å². The van der Waals surface area contributed by atoms with Crippen molar-refractivity contribution in [3.8, 4) is 0 Å². The Morgan fingerprint density at radius 1 is 1.00 bits per heavy atom. The van der Waals surface area contributed by atoms with Crippen molar-refractivity contribution in [1.82, 2.24) is 0 Å². The van der Waals surface area contributed by atoms with Gasteiger partial charge in [-0.15, -0.1) is 0 Å². The fourth-order valence-electron chi connectivity index (χ4n) is 3.02. The monoisotopic (exact) mass is 473 g/mol. The Balaban J connectivity index is 1.84. The van der Waals surface area contributed by atoms with Gasteiger partial charge in [-0.1, -0.05) is 64.0 Å². The predicted molar refractivity (Wildman–Crippen MR) is 121 cm³/mol. The Kier molecular flexibility index (Phi) is 7.41. The van der Waals surface area contributed by atoms with Gasteiger partial charge in [0.2, 0.25) is 0 Å². The third-order valence-corrected chi connectivity index (χ3v) is 4.92. The molecule has 0 aliphatic heterocycles. The molecule has 0 heterocycles. The van der Waals surface area contributed by atoms with E-state index in [0.29, 0.717) is 23.6 Å². The molecule has 0 aliphatic carbocycles. The highest BCUT2D eigenvalue weighted by atomic mass is 79.9. The molecule has 0 saturated heterocycles. The number of amides is 2. The molecule has 0 fully saturated rings. The first-order valence-corrected chi connectivity index (χ1v) is 10.2. The summed E-state index contributed by atoms with van der Waals surface area (Å²) in [5.74, 6) is 0. The number of carbonyl (C=O) groups is 1. The van der Waals surface area contributed by atoms with E-state index in [1.54, 1.807) is 35.2 Å². The number of aryl methyl sites for hydroxylation is 1. The molecule has 2 amide bonds. The average molecular weight is 474 g/mol. The molecular formula is C23H22BrF2N3O. The number of halogens is 3. The average Bonchev–Trinajstić information content (AvgIpc) is 2.70. The van der Waals surface area contributed by atoms with Crippen molar-refractivity contribution in [2.24, 2.45) is 0 Å². The highest BCUT2D eigenvalue weighted by Crippen LogP contribution is 2.31. The molecule has 3 aromatic carbocycles. The number of alkyl halides is 2. The smallest absolute Gasteiger partial charge is 0.323 e. The number of nitrogens with one attached hydrogen (secondary N) is 2. The number of rotatable bonds is 7. The SMILES string of the molecule is Cc1ccc(NC(=O)Nc2cc(Br)ccc2N(Cc2ccccc2)CC(F)F)cc1. The topological polar surface area (TPSA) is 44.4 Å². The van der Waals surface area contributed by atoms with Gasteiger partial charge >= 0.3 is 6.03 Å². The van der Waals surface area contributed by atoms with Gasteiger partial charge in [0.1, 0.15) is 0 Å². The lowest BCUT2D eigenvalue weighted by atomic mass is 10.1. The molecule has 0 spiro atoms. The van der Waals surface area contributed by atoms with Crippen molar-refractivity contribution >= 4 is 39.0 Å². The van der Waals surface area contributed by atoms with E-state index >= 15 is 0 Å². The van der Waals surface area contributed by atoms with Crippen LogP contribution in [0.25, 0.3) is 0 Å². The number of anilines is 3. The fraction of sp³-hybridized carbons (Fsp3) is 0.174. The van der Waals surface area contributed by atoms with Crippen molar-refractivity contribution in [3.05, 3.63) is 88.4 Å². The van der Waals surface area contributed by atoms with E-state index in [2.05, 4.69) is 26.6 Å². The summed E-state index contributed by atoms with van der Waals surface area (Å²) < 4.78 is 27.4. The molecule has 0 unspecified atom stereocenters. The number of nitrogens with zero attached hydrogens (tertiary/aromatic N) is 1. The van der Waals surface area contributed by atoms with Crippen molar-refractivity contribution in [3.63, 3.8) is 0 Å². The molecule has 0 radical (unpaired) electrons. The summed E-state index contributed by atoms with van der Waals surface area (Å²) in [6.45, 7) is 1.80. The summed E-state index contributed by atoms with van der Waals surface area (Å²) in [4.78, 5) is 14.1. The Morgan fingerprint density at radius 2 is 1.70 bits per heavy atom. The van der Waals surface area contributed by atoms with E-state index in [-0.39, 0.29) is 0 Å². The lowest BCUT2D eigenvalue weighted by molar-refractivity contribution is 0.154. The zero-order valence-corrected chi connectivity index (χ0v) is 18.0. The van der Waals surface area contributed by atoms with E-state index in [4.69, 9.17) is 0 Å². The molecule has 2 N–H and O–H groups in total. The van der Waals surface area contributed by atoms with Gasteiger partial charge in [-0.2, -0.15) is 0 Å². The van der Waals surface area contributed by atoms with E-state index in [0.717, 1.165) is 15.6 Å². The molecule has 0 atom stereocenters. The summed E-state index contributed by atoms with van der Waals surface area (Å²) in [5, 5.41) is 5.55. The maximum Gasteiger partial charge on any atom is 0.323 e. The summed E-state index contributed by atoms with van der Waals surface area (Å²) in [6, 6.07) is 21.5. The first-order chi connectivity index (χ1) is 14.4. The lowest BCUT2D eigenvalue weighted by Crippen LogP contribution is -2.30. The number of carbonyl (C=O) groups excluding carboxylic acids is 1. The first kappa shape index (κ1) is 21.8. The lowest BCUT2D eigenvalue weighted by Gasteiger charge is -2.27. The van der Waals surface area contributed by atoms with Crippen LogP contribution in [0.15, 0.2) is 77.3 Å². The minimum Gasteiger partial charge on any atom is -0.360 e. The molecule has 0 saturated carbocycles. The van der Waals surface area contributed by atoms with E-state index in [1.165, 1.54) is 0 Å². The van der Waals surface area contributed by atoms with Crippen LogP contribution in [0.4, 0.5) is 30.6 Å². The second-order valence-electron chi connectivity index (χ2n) is 6.86. The van der Waals surface area contributed by atoms with Crippen LogP contribution in [0.1, 0.15) is 11.1 Å². The van der Waals surface area contributed by atoms with E-state index in [1.807, 2.05) is 49.4 Å². The van der Waals surface area contributed by atoms with Gasteiger partial charge in [0.05, 0.1) is 17.9 Å². The van der Waals surface area contributed by atoms with Crippen LogP contribution in [0.3, 0.4) is 0 Å². The summed E-state index contributed by atoms with van der Waals surface area (Å²) >= 11 is 3.39. The zero-order chi connectivity index (χ0) is 21.5. The molecule has 4 nitrogen and oxygen atoms in total. The standard InChI is InChI=1S/C23H22BrF2N3O/c1-16-7-10-19(11-8-16)27-23(30)28-20-13-18(24)9-12-21(20)29(15-22(25)26)14-17-5-3-2-4-6-17/h2-13,22H,14-15H2,1H3,(H2,27,28,30). The van der Waals surface area contributed by atoms with Gasteiger partial charge in [-0.05, 0) is 42.8 Å². The Bertz CT molecular complexity index is 981. The van der Waals surface area contributed by atoms with Gasteiger partial charge in [0.15, 0.2) is 0 Å². The van der Waals surface area contributed by atoms with Crippen molar-refractivity contribution in [2.75, 3.05) is 22.1 Å². The number of benzene rings is 3. The van der Waals surface area contributed by atoms with Crippen molar-refractivity contribution in [2.45, 2.75) is 19.9 Å². The second-order valence-corrected chi connectivity index (χ2v) is 7.78. The second kappa shape index (κ2) is 10.2. The molecule has 3 aromatic rings. The third kappa shape index (κ3) is 6.29. The van der Waals surface area contributed by atoms with E-state index in [9.17, 15) is 13.6 Å². The van der Waals surface area contributed by atoms with E-state index < -0.39 is 19.0 Å². The predicted octanol–water partition coefficient (Wildman–Crippen LogP) is 6.67. The molecule has 0 aromatic heterocycles. The Hall–Kier alpha value is -2.93. The minimum atomic E-state index is -2.52. The maximum atomic E-state index is 13.3. The van der Waals surface area contributed by atoms with Crippen LogP contribution in [0.5, 0.6) is 0 Å². The van der Waals surface area contributed by atoms with Crippen molar-refractivity contribution < 1.29 is 13.6 Å². The highest BCUT2D eigenvalue weighted by molar-refractivity contribution is 9.10. The Labute approximate surface area is 183 Å². The van der Waals surface area contributed by atoms with Crippen LogP contribution in [-0.2, 0) is 6.54 Å². The zero-order valence-electron chi connectivity index (χ0n) is 16.4. The molecule has 0 bridgehead atoms. The summed E-state index contributed by atoms with van der Waals surface area (Å²) in [7, 11) is 0. The quantitative estimate of drug-likeness (QED) is 0.402. The van der Waals surface area contributed by atoms with Crippen LogP contribution in [-0.4, -0.2) is 19.0 Å². The molecule has 30 heavy (non-hydrogen) atoms. The van der Waals surface area contributed by atoms with Gasteiger partial charge in [-0.3, -0.25) is 0 Å². The van der Waals surface area contributed by atoms with Gasteiger partial charge in [0.25, 0.3) is 6.43 Å². The number of hydrogen-bond acceptors (Lipinski definition) is 2. The van der Waals surface area contributed by atoms with Crippen molar-refractivity contribution in [1.29, 1.82) is 0 Å². The summed E-state index contributed by atoms with van der Waals surface area (Å²) in [6.07, 6.45) is -2.52. The van der Waals surface area contributed by atoms with Crippen LogP contribution < -0.4 is 15.5 Å². The Morgan fingerprint density at radius 3 is 2.37 bits per heavy atom. The normalized spacial score (nSPS) is 10.7. The molecule has 7 heteroatoms. The number of urea groups is 1. The molecular weight excluding hydrogens is 452 g/mol. The molecule has 0 aliphatic rings. The van der Waals surface area contributed by atoms with Crippen LogP contribution in [0.2, 0.25) is 0 Å². The van der Waals surface area contributed by atoms with Gasteiger partial charge in [0, 0.05) is 16.7 Å². The fourth-order valence-corrected chi connectivity index (χ4v) is 3.39. The highest BCUT2D eigenvalue weighted by Gasteiger charge is 2.18. The maximum absolute atomic E-state index is 13.3. The largest absolute Gasteiger partial charge is 0.360 e. The van der Waals surface area contributed by atoms with Crippen LogP contribution in [0, 0.1) is 6.92 Å². The first-order valence-electron chi connectivity index (χ1n) is 9.42.